The molecule has 0 aliphatic heterocycles. The summed E-state index contributed by atoms with van der Waals surface area (Å²) in [5, 5.41) is 0. The number of hydrogen-bond donors (Lipinski definition) is 0. The smallest absolute Gasteiger partial charge is 0.333 e. The van der Waals surface area contributed by atoms with Gasteiger partial charge in [-0.15, -0.1) is 0 Å². The highest BCUT2D eigenvalue weighted by atomic mass is 32.2. The second-order valence-corrected chi connectivity index (χ2v) is 3.76. The van der Waals surface area contributed by atoms with Gasteiger partial charge in [0.15, 0.2) is 6.04 Å². The Hall–Kier alpha value is -1.42. The van der Waals surface area contributed by atoms with Crippen LogP contribution in [-0.4, -0.2) is 42.4 Å². The van der Waals surface area contributed by atoms with Gasteiger partial charge in [0.2, 0.25) is 18.4 Å². The molecule has 6 nitrogen and oxygen atoms in total. The Labute approximate surface area is 97.2 Å². The Bertz CT molecular complexity index is 321. The molecule has 0 saturated heterocycles. The molecule has 16 heavy (non-hydrogen) atoms. The van der Waals surface area contributed by atoms with Crippen molar-refractivity contribution in [2.45, 2.75) is 25.6 Å². The first-order valence-electron chi connectivity index (χ1n) is 4.49. The summed E-state index contributed by atoms with van der Waals surface area (Å²) in [6.45, 7) is 1.42. The predicted molar refractivity (Wildman–Crippen MR) is 58.6 cm³/mol. The molecular formula is C9H12N2O4S. The maximum atomic E-state index is 11.4. The van der Waals surface area contributed by atoms with E-state index in [0.717, 1.165) is 0 Å². The number of carbonyl (C=O) groups is 1. The van der Waals surface area contributed by atoms with Crippen molar-refractivity contribution in [1.29, 1.82) is 0 Å². The van der Waals surface area contributed by atoms with Crippen molar-refractivity contribution in [3.63, 3.8) is 0 Å². The molecule has 1 unspecified atom stereocenters. The number of nitrogens with zero attached hydrogens (tertiary/aromatic N) is 2. The molecule has 0 N–H and O–H groups in total. The summed E-state index contributed by atoms with van der Waals surface area (Å²) in [7, 11) is 0. The van der Waals surface area contributed by atoms with Gasteiger partial charge in [-0.3, -0.25) is 0 Å². The number of rotatable bonds is 7. The summed E-state index contributed by atoms with van der Waals surface area (Å²) in [4.78, 5) is 38.0. The highest BCUT2D eigenvalue weighted by molar-refractivity contribution is 7.98. The highest BCUT2D eigenvalue weighted by Gasteiger charge is 2.20. The normalized spacial score (nSPS) is 12.9. The third kappa shape index (κ3) is 6.14. The zero-order chi connectivity index (χ0) is 12.4. The maximum absolute atomic E-state index is 11.4. The van der Waals surface area contributed by atoms with Crippen LogP contribution < -0.4 is 0 Å². The number of thioether (sulfide) groups is 1. The van der Waals surface area contributed by atoms with Crippen LogP contribution in [0.3, 0.4) is 0 Å². The molecule has 0 heterocycles. The standard InChI is InChI=1S/C9H12N2O4S/c1-7(10-5-12)15-9(14)8(11-6-13)3-4-16-2/h7-8H,3-4H2,1-2H3/t7-,8?/m0/s1. The monoisotopic (exact) mass is 244 g/mol. The number of hydrogen-bond acceptors (Lipinski definition) is 7. The molecule has 0 fully saturated rings. The molecule has 2 atom stereocenters. The first-order valence-corrected chi connectivity index (χ1v) is 5.88. The van der Waals surface area contributed by atoms with E-state index in [9.17, 15) is 14.4 Å². The average molecular weight is 244 g/mol. The van der Waals surface area contributed by atoms with E-state index in [2.05, 4.69) is 9.98 Å². The lowest BCUT2D eigenvalue weighted by Gasteiger charge is -2.11. The Morgan fingerprint density at radius 2 is 2.00 bits per heavy atom. The van der Waals surface area contributed by atoms with E-state index in [0.29, 0.717) is 12.2 Å². The zero-order valence-corrected chi connectivity index (χ0v) is 9.82. The first kappa shape index (κ1) is 14.6. The molecule has 0 aromatic carbocycles. The van der Waals surface area contributed by atoms with Crippen LogP contribution in [0.4, 0.5) is 0 Å². The number of isocyanates is 2. The molecule has 0 rings (SSSR count). The second-order valence-electron chi connectivity index (χ2n) is 2.77. The number of carbonyl (C=O) groups excluding carboxylic acids is 3. The van der Waals surface area contributed by atoms with E-state index in [1.165, 1.54) is 30.8 Å². The lowest BCUT2D eigenvalue weighted by molar-refractivity contribution is -0.149. The number of ether oxygens (including phenoxy) is 1. The molecule has 0 saturated carbocycles. The summed E-state index contributed by atoms with van der Waals surface area (Å²) < 4.78 is 4.75. The molecule has 0 bridgehead atoms. The van der Waals surface area contributed by atoms with Gasteiger partial charge in [0.1, 0.15) is 0 Å². The summed E-state index contributed by atoms with van der Waals surface area (Å²) in [5.74, 6) is -0.0279. The van der Waals surface area contributed by atoms with Gasteiger partial charge in [-0.1, -0.05) is 0 Å². The van der Waals surface area contributed by atoms with Crippen molar-refractivity contribution in [1.82, 2.24) is 0 Å². The minimum atomic E-state index is -0.913. The van der Waals surface area contributed by atoms with Crippen LogP contribution >= 0.6 is 11.8 Å². The van der Waals surface area contributed by atoms with Gasteiger partial charge in [-0.2, -0.15) is 21.7 Å². The Morgan fingerprint density at radius 1 is 1.38 bits per heavy atom. The molecule has 0 spiro atoms. The van der Waals surface area contributed by atoms with E-state index < -0.39 is 18.2 Å². The van der Waals surface area contributed by atoms with Crippen molar-refractivity contribution in [3.05, 3.63) is 0 Å². The fourth-order valence-electron chi connectivity index (χ4n) is 0.875. The molecular weight excluding hydrogens is 232 g/mol. The molecule has 0 aliphatic carbocycles. The van der Waals surface area contributed by atoms with Crippen molar-refractivity contribution < 1.29 is 19.1 Å². The third-order valence-corrected chi connectivity index (χ3v) is 2.24. The quantitative estimate of drug-likeness (QED) is 0.373. The van der Waals surface area contributed by atoms with Crippen LogP contribution in [0.25, 0.3) is 0 Å². The maximum Gasteiger partial charge on any atom is 0.333 e. The van der Waals surface area contributed by atoms with Crippen molar-refractivity contribution in [3.8, 4) is 0 Å². The van der Waals surface area contributed by atoms with Crippen LogP contribution in [-0.2, 0) is 19.1 Å². The molecule has 0 aromatic rings. The number of aliphatic imine (C=N–C) groups is 2. The zero-order valence-electron chi connectivity index (χ0n) is 9.00. The van der Waals surface area contributed by atoms with Gasteiger partial charge < -0.3 is 4.74 Å². The molecule has 0 radical (unpaired) electrons. The lowest BCUT2D eigenvalue weighted by Crippen LogP contribution is -2.25. The summed E-state index contributed by atoms with van der Waals surface area (Å²) in [5.41, 5.74) is 0. The summed E-state index contributed by atoms with van der Waals surface area (Å²) in [6, 6.07) is -0.880. The fraction of sp³-hybridized carbons (Fsp3) is 0.667. The Morgan fingerprint density at radius 3 is 2.50 bits per heavy atom. The molecule has 0 aliphatic rings. The van der Waals surface area contributed by atoms with Gasteiger partial charge in [-0.25, -0.2) is 14.4 Å². The van der Waals surface area contributed by atoms with Crippen LogP contribution in [0, 0.1) is 0 Å². The van der Waals surface area contributed by atoms with Crippen LogP contribution in [0.5, 0.6) is 0 Å². The number of esters is 1. The van der Waals surface area contributed by atoms with Crippen molar-refractivity contribution in [2.75, 3.05) is 12.0 Å². The van der Waals surface area contributed by atoms with E-state index in [1.807, 2.05) is 6.26 Å². The summed E-state index contributed by atoms with van der Waals surface area (Å²) >= 11 is 1.52. The van der Waals surface area contributed by atoms with Crippen LogP contribution in [0.1, 0.15) is 13.3 Å². The van der Waals surface area contributed by atoms with E-state index in [4.69, 9.17) is 4.74 Å². The first-order chi connectivity index (χ1) is 7.65. The third-order valence-electron chi connectivity index (χ3n) is 1.60. The SMILES string of the molecule is CSCCC(N=C=O)C(=O)O[C@@H](C)N=C=O. The van der Waals surface area contributed by atoms with Crippen LogP contribution in [0.2, 0.25) is 0 Å². The Kier molecular flexibility index (Phi) is 8.07. The predicted octanol–water partition coefficient (Wildman–Crippen LogP) is 0.669. The average Bonchev–Trinajstić information content (AvgIpc) is 2.24. The fourth-order valence-corrected chi connectivity index (χ4v) is 1.33. The van der Waals surface area contributed by atoms with Crippen LogP contribution in [0.15, 0.2) is 9.98 Å². The van der Waals surface area contributed by atoms with Gasteiger partial charge in [0.05, 0.1) is 0 Å². The van der Waals surface area contributed by atoms with E-state index in [1.54, 1.807) is 0 Å². The minimum Gasteiger partial charge on any atom is -0.438 e. The van der Waals surface area contributed by atoms with Gasteiger partial charge >= 0.3 is 5.97 Å². The molecule has 88 valence electrons. The van der Waals surface area contributed by atoms with E-state index in [-0.39, 0.29) is 0 Å². The van der Waals surface area contributed by atoms with Gasteiger partial charge in [0, 0.05) is 0 Å². The lowest BCUT2D eigenvalue weighted by atomic mass is 10.2. The van der Waals surface area contributed by atoms with Crippen molar-refractivity contribution >= 4 is 29.9 Å². The Balaban J connectivity index is 4.36. The highest BCUT2D eigenvalue weighted by Crippen LogP contribution is 2.07. The van der Waals surface area contributed by atoms with Gasteiger partial charge in [0.25, 0.3) is 0 Å². The molecule has 7 heteroatoms. The van der Waals surface area contributed by atoms with E-state index >= 15 is 0 Å². The topological polar surface area (TPSA) is 85.2 Å². The largest absolute Gasteiger partial charge is 0.438 e. The molecule has 0 aromatic heterocycles. The second kappa shape index (κ2) is 8.85. The molecule has 0 amide bonds. The van der Waals surface area contributed by atoms with Crippen molar-refractivity contribution in [2.24, 2.45) is 9.98 Å². The summed E-state index contributed by atoms with van der Waals surface area (Å²) in [6.07, 6.45) is 3.93. The van der Waals surface area contributed by atoms with Gasteiger partial charge in [-0.05, 0) is 25.4 Å². The minimum absolute atomic E-state index is 0.382.